The van der Waals surface area contributed by atoms with E-state index in [1.807, 2.05) is 6.92 Å². The van der Waals surface area contributed by atoms with Gasteiger partial charge in [-0.25, -0.2) is 9.07 Å². The van der Waals surface area contributed by atoms with Crippen LogP contribution in [0.4, 0.5) is 4.39 Å². The molecule has 1 heterocycles. The molecule has 0 aliphatic heterocycles. The number of rotatable bonds is 3. The third kappa shape index (κ3) is 2.84. The smallest absolute Gasteiger partial charge is 0.150 e. The number of benzene rings is 1. The predicted octanol–water partition coefficient (Wildman–Crippen LogP) is 3.61. The number of nitriles is 1. The van der Waals surface area contributed by atoms with Crippen LogP contribution >= 0.6 is 11.6 Å². The molecule has 3 rings (SSSR count). The summed E-state index contributed by atoms with van der Waals surface area (Å²) in [5, 5.41) is 13.8. The van der Waals surface area contributed by atoms with E-state index >= 15 is 0 Å². The molecule has 0 bridgehead atoms. The minimum absolute atomic E-state index is 0.0153. The van der Waals surface area contributed by atoms with Crippen LogP contribution in [0.3, 0.4) is 0 Å². The number of fused-ring (bicyclic) bond motifs is 1. The predicted molar refractivity (Wildman–Crippen MR) is 88.7 cm³/mol. The van der Waals surface area contributed by atoms with Gasteiger partial charge in [0.2, 0.25) is 0 Å². The van der Waals surface area contributed by atoms with Crippen LogP contribution in [0.2, 0.25) is 5.02 Å². The summed E-state index contributed by atoms with van der Waals surface area (Å²) in [5.74, 6) is 2.16. The first-order valence-electron chi connectivity index (χ1n) is 7.57. The number of aryl methyl sites for hydroxylation is 1. The van der Waals surface area contributed by atoms with E-state index in [2.05, 4.69) is 17.1 Å². The van der Waals surface area contributed by atoms with Crippen molar-refractivity contribution >= 4 is 11.6 Å². The highest BCUT2D eigenvalue weighted by Crippen LogP contribution is 2.33. The van der Waals surface area contributed by atoms with Crippen molar-refractivity contribution in [3.8, 4) is 29.8 Å². The highest BCUT2D eigenvalue weighted by Gasteiger charge is 2.25. The lowest BCUT2D eigenvalue weighted by Gasteiger charge is -2.15. The Labute approximate surface area is 144 Å². The van der Waals surface area contributed by atoms with Gasteiger partial charge in [-0.05, 0) is 37.8 Å². The second kappa shape index (κ2) is 6.55. The summed E-state index contributed by atoms with van der Waals surface area (Å²) >= 11 is 6.00. The van der Waals surface area contributed by atoms with E-state index in [0.29, 0.717) is 12.2 Å². The second-order valence-electron chi connectivity index (χ2n) is 5.72. The molecule has 0 fully saturated rings. The molecule has 0 radical (unpaired) electrons. The molecule has 1 atom stereocenters. The topological polar surface area (TPSA) is 50.8 Å². The summed E-state index contributed by atoms with van der Waals surface area (Å²) in [5.41, 5.74) is 3.02. The van der Waals surface area contributed by atoms with Crippen molar-refractivity contribution in [2.75, 3.05) is 6.61 Å². The molecule has 1 aliphatic rings. The Morgan fingerprint density at radius 2 is 2.33 bits per heavy atom. The van der Waals surface area contributed by atoms with Crippen LogP contribution in [-0.4, -0.2) is 16.4 Å². The molecule has 122 valence electrons. The number of aromatic nitrogens is 2. The third-order valence-electron chi connectivity index (χ3n) is 4.23. The molecule has 24 heavy (non-hydrogen) atoms. The van der Waals surface area contributed by atoms with Crippen LogP contribution in [0, 0.1) is 42.3 Å². The van der Waals surface area contributed by atoms with Gasteiger partial charge < -0.3 is 4.74 Å². The Bertz CT molecular complexity index is 876. The summed E-state index contributed by atoms with van der Waals surface area (Å²) in [6, 6.07) is 5.00. The van der Waals surface area contributed by atoms with Crippen LogP contribution in [0.5, 0.6) is 5.75 Å². The maximum Gasteiger partial charge on any atom is 0.150 e. The molecule has 0 N–H and O–H groups in total. The summed E-state index contributed by atoms with van der Waals surface area (Å²) in [6.07, 6.45) is 7.33. The molecule has 2 aromatic rings. The van der Waals surface area contributed by atoms with Crippen molar-refractivity contribution < 1.29 is 9.13 Å². The molecule has 6 heteroatoms. The van der Waals surface area contributed by atoms with E-state index in [1.54, 1.807) is 4.68 Å². The lowest BCUT2D eigenvalue weighted by atomic mass is 9.87. The Morgan fingerprint density at radius 3 is 3.04 bits per heavy atom. The largest absolute Gasteiger partial charge is 0.479 e. The quantitative estimate of drug-likeness (QED) is 0.800. The maximum absolute atomic E-state index is 14.4. The summed E-state index contributed by atoms with van der Waals surface area (Å²) in [6.45, 7) is 1.92. The number of terminal acetylenes is 1. The summed E-state index contributed by atoms with van der Waals surface area (Å²) in [7, 11) is 0. The van der Waals surface area contributed by atoms with E-state index in [-0.39, 0.29) is 23.2 Å². The van der Waals surface area contributed by atoms with Crippen molar-refractivity contribution in [1.82, 2.24) is 9.78 Å². The molecule has 0 amide bonds. The summed E-state index contributed by atoms with van der Waals surface area (Å²) in [4.78, 5) is 0. The molecule has 0 saturated carbocycles. The maximum atomic E-state index is 14.4. The molecule has 1 aromatic heterocycles. The van der Waals surface area contributed by atoms with Crippen molar-refractivity contribution in [2.45, 2.75) is 26.2 Å². The molecule has 1 aromatic carbocycles. The van der Waals surface area contributed by atoms with Crippen LogP contribution in [0.15, 0.2) is 12.1 Å². The zero-order chi connectivity index (χ0) is 17.3. The molecular formula is C18H15ClFN3O. The Kier molecular flexibility index (Phi) is 4.46. The second-order valence-corrected chi connectivity index (χ2v) is 6.13. The van der Waals surface area contributed by atoms with Gasteiger partial charge in [0.15, 0.2) is 5.82 Å². The van der Waals surface area contributed by atoms with Gasteiger partial charge in [-0.15, -0.1) is 6.42 Å². The van der Waals surface area contributed by atoms with Crippen LogP contribution in [0.25, 0.3) is 5.69 Å². The van der Waals surface area contributed by atoms with Crippen molar-refractivity contribution in [1.29, 1.82) is 5.26 Å². The average molecular weight is 344 g/mol. The van der Waals surface area contributed by atoms with Gasteiger partial charge in [-0.3, -0.25) is 0 Å². The van der Waals surface area contributed by atoms with Gasteiger partial charge in [-0.1, -0.05) is 17.5 Å². The molecule has 4 nitrogen and oxygen atoms in total. The lowest BCUT2D eigenvalue weighted by Crippen LogP contribution is -2.12. The Balaban J connectivity index is 2.06. The minimum Gasteiger partial charge on any atom is -0.479 e. The van der Waals surface area contributed by atoms with Gasteiger partial charge in [0.05, 0.1) is 22.7 Å². The molecule has 0 spiro atoms. The SMILES string of the molecule is C#CCOc1cc(-n2nc3c(c2C)CC(C#N)CC3)c(F)cc1Cl. The number of ether oxygens (including phenoxy) is 1. The monoisotopic (exact) mass is 343 g/mol. The van der Waals surface area contributed by atoms with E-state index < -0.39 is 5.82 Å². The molecule has 1 aliphatic carbocycles. The van der Waals surface area contributed by atoms with E-state index in [4.69, 9.17) is 28.0 Å². The van der Waals surface area contributed by atoms with Crippen molar-refractivity contribution in [3.63, 3.8) is 0 Å². The minimum atomic E-state index is -0.493. The lowest BCUT2D eigenvalue weighted by molar-refractivity contribution is 0.369. The third-order valence-corrected chi connectivity index (χ3v) is 4.52. The number of hydrogen-bond donors (Lipinski definition) is 0. The number of halogens is 2. The Hall–Kier alpha value is -2.50. The fourth-order valence-corrected chi connectivity index (χ4v) is 3.18. The van der Waals surface area contributed by atoms with Crippen LogP contribution in [-0.2, 0) is 12.8 Å². The van der Waals surface area contributed by atoms with Crippen LogP contribution < -0.4 is 4.74 Å². The highest BCUT2D eigenvalue weighted by atomic mass is 35.5. The van der Waals surface area contributed by atoms with Gasteiger partial charge >= 0.3 is 0 Å². The molecular weight excluding hydrogens is 329 g/mol. The van der Waals surface area contributed by atoms with E-state index in [9.17, 15) is 4.39 Å². The first-order valence-corrected chi connectivity index (χ1v) is 7.95. The number of nitrogens with zero attached hydrogens (tertiary/aromatic N) is 3. The first-order chi connectivity index (χ1) is 11.5. The standard InChI is InChI=1S/C18H15ClFN3O/c1-3-6-24-18-9-17(15(20)8-14(18)19)23-11(2)13-7-12(10-21)4-5-16(13)22-23/h1,8-9,12H,4-7H2,2H3. The van der Waals surface area contributed by atoms with Gasteiger partial charge in [-0.2, -0.15) is 10.4 Å². The molecule has 0 saturated heterocycles. The zero-order valence-corrected chi connectivity index (χ0v) is 13.9. The van der Waals surface area contributed by atoms with Crippen LogP contribution in [0.1, 0.15) is 23.4 Å². The highest BCUT2D eigenvalue weighted by molar-refractivity contribution is 6.32. The van der Waals surface area contributed by atoms with E-state index in [1.165, 1.54) is 12.1 Å². The number of hydrogen-bond acceptors (Lipinski definition) is 3. The normalized spacial score (nSPS) is 16.1. The van der Waals surface area contributed by atoms with E-state index in [0.717, 1.165) is 29.8 Å². The zero-order valence-electron chi connectivity index (χ0n) is 13.1. The first kappa shape index (κ1) is 16.4. The molecule has 1 unspecified atom stereocenters. The van der Waals surface area contributed by atoms with Crippen molar-refractivity contribution in [3.05, 3.63) is 39.9 Å². The van der Waals surface area contributed by atoms with Crippen molar-refractivity contribution in [2.24, 2.45) is 5.92 Å². The fourth-order valence-electron chi connectivity index (χ4n) is 2.97. The van der Waals surface area contributed by atoms with Gasteiger partial charge in [0.25, 0.3) is 0 Å². The summed E-state index contributed by atoms with van der Waals surface area (Å²) < 4.78 is 21.3. The Morgan fingerprint density at radius 1 is 1.54 bits per heavy atom. The average Bonchev–Trinajstić information content (AvgIpc) is 2.90. The fraction of sp³-hybridized carbons (Fsp3) is 0.333. The van der Waals surface area contributed by atoms with Gasteiger partial charge in [0.1, 0.15) is 18.0 Å². The van der Waals surface area contributed by atoms with Gasteiger partial charge in [0, 0.05) is 11.8 Å².